The molecule has 1 atom stereocenters. The molecule has 0 aromatic rings. The van der Waals surface area contributed by atoms with Gasteiger partial charge < -0.3 is 0 Å². The van der Waals surface area contributed by atoms with Crippen molar-refractivity contribution in [1.29, 1.82) is 0 Å². The van der Waals surface area contributed by atoms with Crippen LogP contribution < -0.4 is 0 Å². The molecule has 0 bridgehead atoms. The minimum absolute atomic E-state index is 0.746. The normalized spacial score (nSPS) is 19.9. The van der Waals surface area contributed by atoms with Crippen molar-refractivity contribution in [3.05, 3.63) is 0 Å². The minimum atomic E-state index is 0.746. The second-order valence-corrected chi connectivity index (χ2v) is 7.18. The Morgan fingerprint density at radius 1 is 1.06 bits per heavy atom. The van der Waals surface area contributed by atoms with Gasteiger partial charge in [-0.3, -0.25) is 4.31 Å². The van der Waals surface area contributed by atoms with Crippen molar-refractivity contribution in [2.24, 2.45) is 11.8 Å². The molecule has 2 heteroatoms. The molecule has 1 rings (SSSR count). The fourth-order valence-corrected chi connectivity index (χ4v) is 3.20. The van der Waals surface area contributed by atoms with Gasteiger partial charge in [0.05, 0.1) is 0 Å². The molecule has 0 N–H and O–H groups in total. The highest BCUT2D eigenvalue weighted by atomic mass is 32.2. The average Bonchev–Trinajstić information content (AvgIpc) is 2.29. The van der Waals surface area contributed by atoms with Crippen molar-refractivity contribution >= 4 is 11.9 Å². The van der Waals surface area contributed by atoms with Crippen LogP contribution in [0.25, 0.3) is 0 Å². The van der Waals surface area contributed by atoms with E-state index in [1.165, 1.54) is 38.8 Å². The summed E-state index contributed by atoms with van der Waals surface area (Å²) in [6, 6.07) is 0. The van der Waals surface area contributed by atoms with Gasteiger partial charge in [-0.15, -0.1) is 0 Å². The predicted molar refractivity (Wildman–Crippen MR) is 82.4 cm³/mol. The summed E-state index contributed by atoms with van der Waals surface area (Å²) in [5, 5.41) is 0.746. The average molecular weight is 260 g/mol. The quantitative estimate of drug-likeness (QED) is 0.637. The zero-order chi connectivity index (χ0) is 13.3. The van der Waals surface area contributed by atoms with Crippen molar-refractivity contribution in [2.75, 3.05) is 13.1 Å². The van der Waals surface area contributed by atoms with E-state index in [9.17, 15) is 0 Å². The van der Waals surface area contributed by atoms with Crippen LogP contribution in [0.3, 0.4) is 0 Å². The molecule has 0 aliphatic carbocycles. The molecule has 0 radical (unpaired) electrons. The largest absolute Gasteiger partial charge is 0.250 e. The van der Waals surface area contributed by atoms with Crippen LogP contribution in [0, 0.1) is 11.8 Å². The van der Waals surface area contributed by atoms with E-state index in [0.717, 1.165) is 17.1 Å². The Kier molecular flexibility index (Phi) is 10.4. The Morgan fingerprint density at radius 3 is 1.88 bits per heavy atom. The highest BCUT2D eigenvalue weighted by molar-refractivity contribution is 7.97. The molecule has 1 nitrogen and oxygen atoms in total. The molecule has 17 heavy (non-hydrogen) atoms. The predicted octanol–water partition coefficient (Wildman–Crippen LogP) is 5.22. The standard InChI is InChI=1S/C12H25NS.C3H8/c1-5-11(4)12-6-8-13(9-7-12)14-10(2)3;1-3-2/h10-12H,5-9H2,1-4H3;3H2,1-2H3. The molecule has 1 fully saturated rings. The smallest absolute Gasteiger partial charge is 0.0138 e. The highest BCUT2D eigenvalue weighted by Crippen LogP contribution is 2.30. The molecule has 1 unspecified atom stereocenters. The third-order valence-corrected chi connectivity index (χ3v) is 4.39. The third kappa shape index (κ3) is 8.10. The SMILES string of the molecule is CCC.CCC(C)C1CCN(SC(C)C)CC1. The van der Waals surface area contributed by atoms with Crippen LogP contribution in [-0.2, 0) is 0 Å². The van der Waals surface area contributed by atoms with Gasteiger partial charge in [0.1, 0.15) is 0 Å². The van der Waals surface area contributed by atoms with Crippen molar-refractivity contribution < 1.29 is 0 Å². The van der Waals surface area contributed by atoms with Gasteiger partial charge in [0, 0.05) is 18.3 Å². The molecule has 0 amide bonds. The zero-order valence-electron chi connectivity index (χ0n) is 12.8. The summed E-state index contributed by atoms with van der Waals surface area (Å²) in [5.74, 6) is 1.92. The Bertz CT molecular complexity index is 162. The van der Waals surface area contributed by atoms with E-state index < -0.39 is 0 Å². The van der Waals surface area contributed by atoms with E-state index in [0.29, 0.717) is 0 Å². The van der Waals surface area contributed by atoms with Crippen LogP contribution in [-0.4, -0.2) is 22.6 Å². The van der Waals surface area contributed by atoms with Crippen LogP contribution in [0.2, 0.25) is 0 Å². The molecular weight excluding hydrogens is 226 g/mol. The van der Waals surface area contributed by atoms with Gasteiger partial charge in [-0.1, -0.05) is 66.3 Å². The fourth-order valence-electron chi connectivity index (χ4n) is 2.18. The molecule has 1 aliphatic heterocycles. The summed E-state index contributed by atoms with van der Waals surface area (Å²) in [7, 11) is 0. The van der Waals surface area contributed by atoms with Gasteiger partial charge in [-0.25, -0.2) is 0 Å². The Hall–Kier alpha value is 0.310. The van der Waals surface area contributed by atoms with Gasteiger partial charge in [-0.2, -0.15) is 0 Å². The topological polar surface area (TPSA) is 3.24 Å². The van der Waals surface area contributed by atoms with Gasteiger partial charge >= 0.3 is 0 Å². The van der Waals surface area contributed by atoms with Gasteiger partial charge in [0.15, 0.2) is 0 Å². The lowest BCUT2D eigenvalue weighted by molar-refractivity contribution is 0.222. The van der Waals surface area contributed by atoms with Crippen molar-refractivity contribution in [3.63, 3.8) is 0 Å². The lowest BCUT2D eigenvalue weighted by Crippen LogP contribution is -2.32. The van der Waals surface area contributed by atoms with Crippen molar-refractivity contribution in [3.8, 4) is 0 Å². The Balaban J connectivity index is 0.000000770. The maximum atomic E-state index is 2.56. The molecule has 0 spiro atoms. The summed E-state index contributed by atoms with van der Waals surface area (Å²) in [4.78, 5) is 0. The minimum Gasteiger partial charge on any atom is -0.250 e. The third-order valence-electron chi connectivity index (χ3n) is 3.31. The molecule has 1 aliphatic rings. The second-order valence-electron chi connectivity index (χ2n) is 5.51. The van der Waals surface area contributed by atoms with Gasteiger partial charge in [0.25, 0.3) is 0 Å². The summed E-state index contributed by atoms with van der Waals surface area (Å²) >= 11 is 2.03. The van der Waals surface area contributed by atoms with E-state index in [-0.39, 0.29) is 0 Å². The number of piperidine rings is 1. The summed E-state index contributed by atoms with van der Waals surface area (Å²) in [6.07, 6.45) is 5.42. The summed E-state index contributed by atoms with van der Waals surface area (Å²) < 4.78 is 2.56. The highest BCUT2D eigenvalue weighted by Gasteiger charge is 2.23. The molecule has 0 aromatic heterocycles. The Labute approximate surface area is 114 Å². The number of nitrogens with zero attached hydrogens (tertiary/aromatic N) is 1. The van der Waals surface area contributed by atoms with E-state index >= 15 is 0 Å². The van der Waals surface area contributed by atoms with Gasteiger partial charge in [-0.05, 0) is 24.7 Å². The first kappa shape index (κ1) is 17.3. The Morgan fingerprint density at radius 2 is 1.53 bits per heavy atom. The molecule has 0 saturated carbocycles. The molecule has 104 valence electrons. The maximum absolute atomic E-state index is 2.56. The second kappa shape index (κ2) is 10.3. The lowest BCUT2D eigenvalue weighted by atomic mass is 9.85. The molecule has 0 aromatic carbocycles. The van der Waals surface area contributed by atoms with E-state index in [1.807, 2.05) is 11.9 Å². The first-order valence-corrected chi connectivity index (χ1v) is 8.30. The number of rotatable bonds is 4. The van der Waals surface area contributed by atoms with Crippen LogP contribution in [0.15, 0.2) is 0 Å². The number of hydrogen-bond donors (Lipinski definition) is 0. The summed E-state index contributed by atoms with van der Waals surface area (Å²) in [5.41, 5.74) is 0. The van der Waals surface area contributed by atoms with Crippen LogP contribution >= 0.6 is 11.9 Å². The molecule has 1 saturated heterocycles. The maximum Gasteiger partial charge on any atom is 0.0138 e. The summed E-state index contributed by atoms with van der Waals surface area (Å²) in [6.45, 7) is 16.2. The first-order chi connectivity index (χ1) is 8.04. The molecule has 1 heterocycles. The zero-order valence-corrected chi connectivity index (χ0v) is 13.6. The van der Waals surface area contributed by atoms with Crippen molar-refractivity contribution in [2.45, 2.75) is 72.5 Å². The van der Waals surface area contributed by atoms with Gasteiger partial charge in [0.2, 0.25) is 0 Å². The van der Waals surface area contributed by atoms with Crippen LogP contribution in [0.5, 0.6) is 0 Å². The number of hydrogen-bond acceptors (Lipinski definition) is 2. The van der Waals surface area contributed by atoms with E-state index in [1.54, 1.807) is 0 Å². The monoisotopic (exact) mass is 259 g/mol. The lowest BCUT2D eigenvalue weighted by Gasteiger charge is -2.34. The van der Waals surface area contributed by atoms with Crippen molar-refractivity contribution in [1.82, 2.24) is 4.31 Å². The van der Waals surface area contributed by atoms with E-state index in [2.05, 4.69) is 45.8 Å². The van der Waals surface area contributed by atoms with Crippen LogP contribution in [0.4, 0.5) is 0 Å². The fraction of sp³-hybridized carbons (Fsp3) is 1.00. The molecular formula is C15H33NS. The first-order valence-electron chi connectivity index (χ1n) is 7.46. The van der Waals surface area contributed by atoms with Crippen LogP contribution in [0.1, 0.15) is 67.2 Å². The van der Waals surface area contributed by atoms with E-state index in [4.69, 9.17) is 0 Å².